The van der Waals surface area contributed by atoms with Crippen molar-refractivity contribution in [2.24, 2.45) is 0 Å². The van der Waals surface area contributed by atoms with Crippen LogP contribution in [0.5, 0.6) is 0 Å². The van der Waals surface area contributed by atoms with Gasteiger partial charge in [0.25, 0.3) is 0 Å². The lowest BCUT2D eigenvalue weighted by molar-refractivity contribution is -0.870. The third kappa shape index (κ3) is 28.5. The van der Waals surface area contributed by atoms with Gasteiger partial charge in [-0.15, -0.1) is 0 Å². The van der Waals surface area contributed by atoms with Crippen molar-refractivity contribution in [2.45, 2.75) is 135 Å². The van der Waals surface area contributed by atoms with Gasteiger partial charge in [0.1, 0.15) is 25.9 Å². The number of aliphatic hydroxyl groups is 1. The highest BCUT2D eigenvalue weighted by atomic mass is 31.2. The van der Waals surface area contributed by atoms with Crippen LogP contribution in [0.1, 0.15) is 129 Å². The van der Waals surface area contributed by atoms with Crippen molar-refractivity contribution in [1.82, 2.24) is 0 Å². The molecule has 228 valence electrons. The summed E-state index contributed by atoms with van der Waals surface area (Å²) >= 11 is 0. The van der Waals surface area contributed by atoms with Crippen LogP contribution in [0.25, 0.3) is 0 Å². The van der Waals surface area contributed by atoms with Gasteiger partial charge in [0, 0.05) is 6.42 Å². The molecule has 0 aromatic heterocycles. The van der Waals surface area contributed by atoms with E-state index in [1.165, 1.54) is 96.3 Å². The number of unbranched alkanes of at least 4 members (excludes halogenated alkanes) is 17. The number of carbonyl (C=O) groups excluding carboxylic acids is 1. The summed E-state index contributed by atoms with van der Waals surface area (Å²) in [7, 11) is 1.57. The van der Waals surface area contributed by atoms with Crippen LogP contribution in [0.2, 0.25) is 0 Å². The van der Waals surface area contributed by atoms with Gasteiger partial charge in [0.05, 0.1) is 27.7 Å². The van der Waals surface area contributed by atoms with E-state index in [0.29, 0.717) is 17.4 Å². The first-order valence-corrected chi connectivity index (χ1v) is 16.8. The molecule has 0 radical (unpaired) electrons. The first-order chi connectivity index (χ1) is 18.1. The second kappa shape index (κ2) is 24.3. The normalized spacial score (nSPS) is 14.4. The maximum absolute atomic E-state index is 11.9. The number of carbonyl (C=O) groups is 1. The Morgan fingerprint density at radius 3 is 1.55 bits per heavy atom. The molecule has 0 aliphatic heterocycles. The molecule has 0 saturated carbocycles. The van der Waals surface area contributed by atoms with E-state index in [0.717, 1.165) is 19.3 Å². The number of phosphoric ester groups is 1. The largest absolute Gasteiger partial charge is 0.472 e. The molecule has 1 unspecified atom stereocenters. The Bertz CT molecular complexity index is 598. The zero-order valence-corrected chi connectivity index (χ0v) is 26.1. The molecule has 0 amide bonds. The van der Waals surface area contributed by atoms with Crippen LogP contribution in [0.4, 0.5) is 0 Å². The average molecular weight is 567 g/mol. The number of quaternary nitrogens is 1. The summed E-state index contributed by atoms with van der Waals surface area (Å²) < 4.78 is 27.1. The van der Waals surface area contributed by atoms with Crippen molar-refractivity contribution < 1.29 is 37.6 Å². The molecule has 0 aliphatic rings. The van der Waals surface area contributed by atoms with Gasteiger partial charge >= 0.3 is 13.8 Å². The molecule has 0 aliphatic carbocycles. The summed E-state index contributed by atoms with van der Waals surface area (Å²) in [6, 6.07) is 0. The van der Waals surface area contributed by atoms with E-state index in [2.05, 4.69) is 6.92 Å². The van der Waals surface area contributed by atoms with Crippen LogP contribution in [0.3, 0.4) is 0 Å². The fraction of sp³-hybridized carbons (Fsp3) is 0.966. The summed E-state index contributed by atoms with van der Waals surface area (Å²) in [6.07, 6.45) is 22.5. The number of rotatable bonds is 28. The van der Waals surface area contributed by atoms with E-state index in [1.807, 2.05) is 21.1 Å². The van der Waals surface area contributed by atoms with E-state index < -0.39 is 20.5 Å². The minimum Gasteiger partial charge on any atom is -0.463 e. The Morgan fingerprint density at radius 1 is 0.711 bits per heavy atom. The molecule has 0 spiro atoms. The highest BCUT2D eigenvalue weighted by molar-refractivity contribution is 7.47. The first kappa shape index (κ1) is 37.5. The predicted molar refractivity (Wildman–Crippen MR) is 155 cm³/mol. The number of ether oxygens (including phenoxy) is 1. The molecule has 0 heterocycles. The van der Waals surface area contributed by atoms with Crippen molar-refractivity contribution in [3.63, 3.8) is 0 Å². The molecule has 2 N–H and O–H groups in total. The van der Waals surface area contributed by atoms with Crippen LogP contribution in [-0.2, 0) is 23.1 Å². The Balaban J connectivity index is 3.46. The maximum atomic E-state index is 11.9. The zero-order valence-electron chi connectivity index (χ0n) is 25.2. The quantitative estimate of drug-likeness (QED) is 0.0448. The summed E-state index contributed by atoms with van der Waals surface area (Å²) in [6.45, 7) is 2.16. The van der Waals surface area contributed by atoms with Crippen molar-refractivity contribution >= 4 is 13.8 Å². The lowest BCUT2D eigenvalue weighted by Gasteiger charge is -2.24. The van der Waals surface area contributed by atoms with Crippen molar-refractivity contribution in [3.05, 3.63) is 0 Å². The van der Waals surface area contributed by atoms with Gasteiger partial charge < -0.3 is 19.2 Å². The van der Waals surface area contributed by atoms with E-state index in [-0.39, 0.29) is 19.2 Å². The molecule has 0 aromatic carbocycles. The van der Waals surface area contributed by atoms with Crippen LogP contribution >= 0.6 is 7.82 Å². The van der Waals surface area contributed by atoms with Gasteiger partial charge in [-0.2, -0.15) is 0 Å². The van der Waals surface area contributed by atoms with Crippen LogP contribution in [0, 0.1) is 0 Å². The van der Waals surface area contributed by atoms with E-state index in [1.54, 1.807) is 0 Å². The Hall–Kier alpha value is -0.500. The monoisotopic (exact) mass is 566 g/mol. The first-order valence-electron chi connectivity index (χ1n) is 15.3. The molecule has 0 aromatic rings. The number of likely N-dealkylation sites (N-methyl/N-ethyl adjacent to an activating group) is 1. The molecular formula is C29H61NO7P+. The second-order valence-electron chi connectivity index (χ2n) is 11.7. The van der Waals surface area contributed by atoms with Gasteiger partial charge in [0.2, 0.25) is 0 Å². The summed E-state index contributed by atoms with van der Waals surface area (Å²) in [5.41, 5.74) is 0. The van der Waals surface area contributed by atoms with Crippen molar-refractivity contribution in [3.8, 4) is 0 Å². The Labute approximate surface area is 234 Å². The fourth-order valence-corrected chi connectivity index (χ4v) is 4.88. The van der Waals surface area contributed by atoms with E-state index in [4.69, 9.17) is 13.8 Å². The molecule has 8 nitrogen and oxygen atoms in total. The van der Waals surface area contributed by atoms with Gasteiger partial charge in [-0.1, -0.05) is 116 Å². The smallest absolute Gasteiger partial charge is 0.463 e. The minimum atomic E-state index is -4.24. The molecule has 38 heavy (non-hydrogen) atoms. The predicted octanol–water partition coefficient (Wildman–Crippen LogP) is 7.16. The summed E-state index contributed by atoms with van der Waals surface area (Å²) in [5.74, 6) is -0.369. The highest BCUT2D eigenvalue weighted by Gasteiger charge is 2.24. The molecular weight excluding hydrogens is 505 g/mol. The maximum Gasteiger partial charge on any atom is 0.472 e. The van der Waals surface area contributed by atoms with Crippen molar-refractivity contribution in [2.75, 3.05) is 47.5 Å². The van der Waals surface area contributed by atoms with Crippen molar-refractivity contribution in [1.29, 1.82) is 0 Å². The number of nitrogens with zero attached hydrogens (tertiary/aromatic N) is 1. The number of hydrogen-bond acceptors (Lipinski definition) is 6. The highest BCUT2D eigenvalue weighted by Crippen LogP contribution is 2.43. The SMILES string of the molecule is CCCCCCCCCCCCCCCCCCCCC(=O)OC[C@@H](O)COP(=O)(O)OCC[N+](C)(C)C. The van der Waals surface area contributed by atoms with Gasteiger partial charge in [-0.25, -0.2) is 4.57 Å². The lowest BCUT2D eigenvalue weighted by atomic mass is 10.0. The molecule has 9 heteroatoms. The minimum absolute atomic E-state index is 0.0573. The molecule has 2 atom stereocenters. The molecule has 0 saturated heterocycles. The zero-order chi connectivity index (χ0) is 28.5. The summed E-state index contributed by atoms with van der Waals surface area (Å²) in [5, 5.41) is 9.85. The molecule has 0 rings (SSSR count). The number of hydrogen-bond donors (Lipinski definition) is 2. The fourth-order valence-electron chi connectivity index (χ4n) is 4.13. The Kier molecular flexibility index (Phi) is 24.0. The van der Waals surface area contributed by atoms with Crippen LogP contribution in [0.15, 0.2) is 0 Å². The average Bonchev–Trinajstić information content (AvgIpc) is 2.84. The van der Waals surface area contributed by atoms with Gasteiger partial charge in [-0.3, -0.25) is 13.8 Å². The summed E-state index contributed by atoms with van der Waals surface area (Å²) in [4.78, 5) is 21.5. The molecule has 0 bridgehead atoms. The van der Waals surface area contributed by atoms with E-state index >= 15 is 0 Å². The second-order valence-corrected chi connectivity index (χ2v) is 13.2. The van der Waals surface area contributed by atoms with Gasteiger partial charge in [0.15, 0.2) is 0 Å². The standard InChI is InChI=1S/C29H60NO7P/c1-5-6-7-8-9-10-11-12-13-14-15-16-17-18-19-20-21-22-23-29(32)35-26-28(31)27-37-38(33,34)36-25-24-30(2,3)4/h28,31H,5-27H2,1-4H3/p+1/t28-/m1/s1. The topological polar surface area (TPSA) is 102 Å². The third-order valence-electron chi connectivity index (χ3n) is 6.62. The lowest BCUT2D eigenvalue weighted by Crippen LogP contribution is -2.37. The van der Waals surface area contributed by atoms with E-state index in [9.17, 15) is 19.4 Å². The third-order valence-corrected chi connectivity index (χ3v) is 7.60. The molecule has 0 fully saturated rings. The van der Waals surface area contributed by atoms with Gasteiger partial charge in [-0.05, 0) is 6.42 Å². The number of esters is 1. The Morgan fingerprint density at radius 2 is 1.13 bits per heavy atom. The van der Waals surface area contributed by atoms with Crippen LogP contribution in [-0.4, -0.2) is 74.1 Å². The van der Waals surface area contributed by atoms with Crippen LogP contribution < -0.4 is 0 Å². The number of phosphoric acid groups is 1. The number of aliphatic hydroxyl groups excluding tert-OH is 1.